The van der Waals surface area contributed by atoms with Crippen LogP contribution in [0.15, 0.2) is 66.7 Å². The Morgan fingerprint density at radius 2 is 1.64 bits per heavy atom. The van der Waals surface area contributed by atoms with Crippen LogP contribution < -0.4 is 5.32 Å². The van der Waals surface area contributed by atoms with Crippen LogP contribution in [0.4, 0.5) is 4.39 Å². The van der Waals surface area contributed by atoms with Gasteiger partial charge in [-0.1, -0.05) is 59.6 Å². The number of nitrogens with one attached hydrogen (secondary N) is 1. The van der Waals surface area contributed by atoms with Crippen molar-refractivity contribution in [2.75, 3.05) is 0 Å². The quantitative estimate of drug-likeness (QED) is 0.527. The van der Waals surface area contributed by atoms with Gasteiger partial charge in [0.25, 0.3) is 0 Å². The average Bonchev–Trinajstić information content (AvgIpc) is 2.61. The van der Waals surface area contributed by atoms with E-state index in [1.165, 1.54) is 6.07 Å². The summed E-state index contributed by atoms with van der Waals surface area (Å²) in [7, 11) is 0. The summed E-state index contributed by atoms with van der Waals surface area (Å²) in [5, 5.41) is 4.74. The highest BCUT2D eigenvalue weighted by Crippen LogP contribution is 2.33. The predicted octanol–water partition coefficient (Wildman–Crippen LogP) is 6.65. The summed E-state index contributed by atoms with van der Waals surface area (Å²) >= 11 is 12.7. The van der Waals surface area contributed by atoms with Crippen molar-refractivity contribution in [3.63, 3.8) is 0 Å². The molecular formula is C21H18Cl2FN. The molecule has 25 heavy (non-hydrogen) atoms. The van der Waals surface area contributed by atoms with Gasteiger partial charge in [0, 0.05) is 33.8 Å². The molecule has 0 unspecified atom stereocenters. The molecule has 0 heterocycles. The summed E-state index contributed by atoms with van der Waals surface area (Å²) < 4.78 is 13.4. The molecule has 128 valence electrons. The van der Waals surface area contributed by atoms with Gasteiger partial charge in [0.2, 0.25) is 0 Å². The summed E-state index contributed by atoms with van der Waals surface area (Å²) in [6.07, 6.45) is 0. The zero-order valence-corrected chi connectivity index (χ0v) is 15.3. The fourth-order valence-corrected chi connectivity index (χ4v) is 3.19. The Morgan fingerprint density at radius 1 is 0.880 bits per heavy atom. The summed E-state index contributed by atoms with van der Waals surface area (Å²) in [5.41, 5.74) is 3.82. The number of rotatable bonds is 5. The molecule has 0 amide bonds. The topological polar surface area (TPSA) is 12.0 Å². The maximum absolute atomic E-state index is 13.4. The molecule has 0 spiro atoms. The van der Waals surface area contributed by atoms with E-state index in [1.807, 2.05) is 55.5 Å². The molecule has 0 aliphatic carbocycles. The first kappa shape index (κ1) is 17.9. The standard InChI is InChI=1S/C21H18Cl2FN/c1-14(16-5-4-6-17(24)12-16)25-13-15-9-10-21(23)19(11-15)18-7-2-3-8-20(18)22/h2-12,14,25H,13H2,1H3/t14-/m1/s1. The minimum absolute atomic E-state index is 0.0372. The molecule has 1 N–H and O–H groups in total. The van der Waals surface area contributed by atoms with Gasteiger partial charge in [-0.15, -0.1) is 0 Å². The van der Waals surface area contributed by atoms with E-state index in [1.54, 1.807) is 12.1 Å². The van der Waals surface area contributed by atoms with Gasteiger partial charge in [-0.2, -0.15) is 0 Å². The fourth-order valence-electron chi connectivity index (χ4n) is 2.73. The molecule has 0 saturated heterocycles. The Kier molecular flexibility index (Phi) is 5.74. The Bertz CT molecular complexity index is 879. The van der Waals surface area contributed by atoms with Crippen molar-refractivity contribution in [1.82, 2.24) is 5.32 Å². The van der Waals surface area contributed by atoms with Crippen LogP contribution in [0.1, 0.15) is 24.1 Å². The zero-order chi connectivity index (χ0) is 17.8. The molecule has 3 aromatic rings. The maximum Gasteiger partial charge on any atom is 0.123 e. The second-order valence-corrected chi connectivity index (χ2v) is 6.77. The van der Waals surface area contributed by atoms with Crippen LogP contribution in [0.2, 0.25) is 10.0 Å². The van der Waals surface area contributed by atoms with Crippen LogP contribution in [0.3, 0.4) is 0 Å². The summed E-state index contributed by atoms with van der Waals surface area (Å²) in [6, 6.07) is 20.2. The lowest BCUT2D eigenvalue weighted by Crippen LogP contribution is -2.18. The molecule has 3 aromatic carbocycles. The second-order valence-electron chi connectivity index (χ2n) is 5.95. The van der Waals surface area contributed by atoms with Crippen molar-refractivity contribution in [1.29, 1.82) is 0 Å². The Balaban J connectivity index is 1.78. The van der Waals surface area contributed by atoms with E-state index in [4.69, 9.17) is 23.2 Å². The Morgan fingerprint density at radius 3 is 2.40 bits per heavy atom. The molecule has 0 aliphatic rings. The fraction of sp³-hybridized carbons (Fsp3) is 0.143. The summed E-state index contributed by atoms with van der Waals surface area (Å²) in [5.74, 6) is -0.223. The van der Waals surface area contributed by atoms with E-state index >= 15 is 0 Å². The molecule has 3 rings (SSSR count). The molecule has 0 aromatic heterocycles. The molecule has 0 saturated carbocycles. The smallest absolute Gasteiger partial charge is 0.123 e. The van der Waals surface area contributed by atoms with Gasteiger partial charge in [-0.05, 0) is 48.4 Å². The molecule has 0 bridgehead atoms. The lowest BCUT2D eigenvalue weighted by atomic mass is 10.0. The third-order valence-electron chi connectivity index (χ3n) is 4.16. The van der Waals surface area contributed by atoms with Crippen molar-refractivity contribution < 1.29 is 4.39 Å². The average molecular weight is 374 g/mol. The SMILES string of the molecule is C[C@@H](NCc1ccc(Cl)c(-c2ccccc2Cl)c1)c1cccc(F)c1. The summed E-state index contributed by atoms with van der Waals surface area (Å²) in [4.78, 5) is 0. The largest absolute Gasteiger partial charge is 0.306 e. The Labute approximate surface area is 157 Å². The Hall–Kier alpha value is -1.87. The third kappa shape index (κ3) is 4.40. The van der Waals surface area contributed by atoms with Gasteiger partial charge < -0.3 is 5.32 Å². The van der Waals surface area contributed by atoms with Crippen molar-refractivity contribution in [3.05, 3.63) is 93.7 Å². The van der Waals surface area contributed by atoms with Gasteiger partial charge in [0.05, 0.1) is 0 Å². The van der Waals surface area contributed by atoms with Gasteiger partial charge in [0.1, 0.15) is 5.82 Å². The maximum atomic E-state index is 13.4. The third-order valence-corrected chi connectivity index (χ3v) is 4.82. The van der Waals surface area contributed by atoms with E-state index in [9.17, 15) is 4.39 Å². The number of halogens is 3. The molecule has 0 radical (unpaired) electrons. The van der Waals surface area contributed by atoms with E-state index in [2.05, 4.69) is 5.32 Å². The van der Waals surface area contributed by atoms with E-state index in [-0.39, 0.29) is 11.9 Å². The minimum Gasteiger partial charge on any atom is -0.306 e. The normalized spacial score (nSPS) is 12.2. The van der Waals surface area contributed by atoms with Crippen molar-refractivity contribution in [2.24, 2.45) is 0 Å². The van der Waals surface area contributed by atoms with Crippen molar-refractivity contribution in [2.45, 2.75) is 19.5 Å². The predicted molar refractivity (Wildman–Crippen MR) is 104 cm³/mol. The molecule has 4 heteroatoms. The van der Waals surface area contributed by atoms with Gasteiger partial charge in [0.15, 0.2) is 0 Å². The molecule has 0 fully saturated rings. The summed E-state index contributed by atoms with van der Waals surface area (Å²) in [6.45, 7) is 2.66. The van der Waals surface area contributed by atoms with Crippen molar-refractivity contribution >= 4 is 23.2 Å². The van der Waals surface area contributed by atoms with Crippen LogP contribution in [0.25, 0.3) is 11.1 Å². The van der Waals surface area contributed by atoms with Crippen LogP contribution in [-0.2, 0) is 6.54 Å². The van der Waals surface area contributed by atoms with Crippen LogP contribution >= 0.6 is 23.2 Å². The molecule has 0 aliphatic heterocycles. The highest BCUT2D eigenvalue weighted by Gasteiger charge is 2.10. The first-order valence-electron chi connectivity index (χ1n) is 8.07. The second kappa shape index (κ2) is 8.01. The lowest BCUT2D eigenvalue weighted by Gasteiger charge is -2.15. The zero-order valence-electron chi connectivity index (χ0n) is 13.8. The number of hydrogen-bond donors (Lipinski definition) is 1. The first-order valence-corrected chi connectivity index (χ1v) is 8.82. The number of hydrogen-bond acceptors (Lipinski definition) is 1. The minimum atomic E-state index is -0.223. The van der Waals surface area contributed by atoms with Crippen LogP contribution in [0.5, 0.6) is 0 Å². The van der Waals surface area contributed by atoms with Gasteiger partial charge in [-0.3, -0.25) is 0 Å². The van der Waals surface area contributed by atoms with Crippen LogP contribution in [0, 0.1) is 5.82 Å². The van der Waals surface area contributed by atoms with Crippen molar-refractivity contribution in [3.8, 4) is 11.1 Å². The molecule has 1 atom stereocenters. The highest BCUT2D eigenvalue weighted by molar-refractivity contribution is 6.36. The van der Waals surface area contributed by atoms with E-state index in [0.29, 0.717) is 16.6 Å². The van der Waals surface area contributed by atoms with Gasteiger partial charge in [-0.25, -0.2) is 4.39 Å². The first-order chi connectivity index (χ1) is 12.0. The number of benzene rings is 3. The molecule has 1 nitrogen and oxygen atoms in total. The van der Waals surface area contributed by atoms with E-state index in [0.717, 1.165) is 22.3 Å². The lowest BCUT2D eigenvalue weighted by molar-refractivity contribution is 0.565. The van der Waals surface area contributed by atoms with E-state index < -0.39 is 0 Å². The highest BCUT2D eigenvalue weighted by atomic mass is 35.5. The molecular weight excluding hydrogens is 356 g/mol. The van der Waals surface area contributed by atoms with Crippen LogP contribution in [-0.4, -0.2) is 0 Å². The monoisotopic (exact) mass is 373 g/mol. The van der Waals surface area contributed by atoms with Gasteiger partial charge >= 0.3 is 0 Å².